The third kappa shape index (κ3) is 2.30. The van der Waals surface area contributed by atoms with Crippen molar-refractivity contribution in [3.05, 3.63) is 23.8 Å². The summed E-state index contributed by atoms with van der Waals surface area (Å²) in [6, 6.07) is 4.69. The van der Waals surface area contributed by atoms with Crippen LogP contribution in [-0.4, -0.2) is 21.3 Å². The average Bonchev–Trinajstić information content (AvgIpc) is 2.28. The first-order valence-corrected chi connectivity index (χ1v) is 6.43. The second-order valence-electron chi connectivity index (χ2n) is 3.62. The lowest BCUT2D eigenvalue weighted by Gasteiger charge is -2.23. The number of sulfonamides is 1. The summed E-state index contributed by atoms with van der Waals surface area (Å²) >= 11 is 0. The van der Waals surface area contributed by atoms with E-state index in [1.54, 1.807) is 17.3 Å². The van der Waals surface area contributed by atoms with Crippen LogP contribution < -0.4 is 10.0 Å². The molecule has 0 unspecified atom stereocenters. The summed E-state index contributed by atoms with van der Waals surface area (Å²) in [5.41, 5.74) is 1.67. The maximum Gasteiger partial charge on any atom is 0.238 e. The number of aliphatic imine (C=N–C) groups is 1. The Morgan fingerprint density at radius 3 is 2.94 bits per heavy atom. The molecule has 0 radical (unpaired) electrons. The van der Waals surface area contributed by atoms with Gasteiger partial charge in [-0.2, -0.15) is 0 Å². The summed E-state index contributed by atoms with van der Waals surface area (Å²) in [4.78, 5) is 5.99. The third-order valence-corrected chi connectivity index (χ3v) is 3.34. The van der Waals surface area contributed by atoms with Crippen LogP contribution in [0.25, 0.3) is 0 Å². The molecule has 2 N–H and O–H groups in total. The van der Waals surface area contributed by atoms with Crippen molar-refractivity contribution in [2.24, 2.45) is 10.1 Å². The van der Waals surface area contributed by atoms with Crippen LogP contribution in [0.15, 0.2) is 28.1 Å². The zero-order valence-electron chi connectivity index (χ0n) is 9.00. The molecule has 0 aromatic heterocycles. The quantitative estimate of drug-likeness (QED) is 0.767. The van der Waals surface area contributed by atoms with Gasteiger partial charge in [0.15, 0.2) is 0 Å². The number of primary sulfonamides is 1. The van der Waals surface area contributed by atoms with E-state index < -0.39 is 10.0 Å². The van der Waals surface area contributed by atoms with Crippen molar-refractivity contribution in [3.63, 3.8) is 0 Å². The Kier molecular flexibility index (Phi) is 2.88. The Morgan fingerprint density at radius 2 is 2.29 bits per heavy atom. The summed E-state index contributed by atoms with van der Waals surface area (Å²) in [7, 11) is -3.68. The lowest BCUT2D eigenvalue weighted by atomic mass is 10.1. The molecule has 0 bridgehead atoms. The molecule has 17 heavy (non-hydrogen) atoms. The van der Waals surface area contributed by atoms with Crippen LogP contribution >= 0.6 is 0 Å². The summed E-state index contributed by atoms with van der Waals surface area (Å²) < 4.78 is 22.4. The van der Waals surface area contributed by atoms with Gasteiger partial charge in [0.05, 0.1) is 24.3 Å². The Morgan fingerprint density at radius 1 is 1.53 bits per heavy atom. The molecule has 5 nitrogen and oxygen atoms in total. The van der Waals surface area contributed by atoms with Gasteiger partial charge in [-0.05, 0) is 23.8 Å². The summed E-state index contributed by atoms with van der Waals surface area (Å²) in [6.07, 6.45) is 6.90. The first-order chi connectivity index (χ1) is 8.02. The molecule has 0 saturated carbocycles. The molecule has 1 heterocycles. The maximum atomic E-state index is 11.2. The van der Waals surface area contributed by atoms with E-state index in [1.807, 2.05) is 0 Å². The normalized spacial score (nSPS) is 14.2. The minimum atomic E-state index is -3.68. The van der Waals surface area contributed by atoms with Crippen LogP contribution in [0.3, 0.4) is 0 Å². The fraction of sp³-hybridized carbons (Fsp3) is 0.182. The van der Waals surface area contributed by atoms with Crippen molar-refractivity contribution in [1.29, 1.82) is 0 Å². The van der Waals surface area contributed by atoms with Crippen molar-refractivity contribution >= 4 is 22.0 Å². The zero-order chi connectivity index (χ0) is 12.5. The van der Waals surface area contributed by atoms with Crippen LogP contribution in [0.5, 0.6) is 0 Å². The lowest BCUT2D eigenvalue weighted by Crippen LogP contribution is -2.25. The highest BCUT2D eigenvalue weighted by Crippen LogP contribution is 2.26. The van der Waals surface area contributed by atoms with Gasteiger partial charge in [0.2, 0.25) is 10.0 Å². The standard InChI is InChI=1S/C11H11N3O2S/c1-2-5-14-8-13-7-9-6-10(17(12,15)16)3-4-11(9)14/h1,3-4,6,8H,5,7H2,(H2,12,15,16). The SMILES string of the molecule is C#CCN1C=NCc2cc(S(N)(=O)=O)ccc21. The van der Waals surface area contributed by atoms with Crippen LogP contribution in [0.2, 0.25) is 0 Å². The van der Waals surface area contributed by atoms with E-state index >= 15 is 0 Å². The molecular formula is C11H11N3O2S. The van der Waals surface area contributed by atoms with Crippen LogP contribution in [0.1, 0.15) is 5.56 Å². The maximum absolute atomic E-state index is 11.2. The van der Waals surface area contributed by atoms with Gasteiger partial charge in [-0.3, -0.25) is 4.99 Å². The Balaban J connectivity index is 2.47. The number of nitrogens with zero attached hydrogens (tertiary/aromatic N) is 2. The van der Waals surface area contributed by atoms with Crippen LogP contribution in [0.4, 0.5) is 5.69 Å². The van der Waals surface area contributed by atoms with Crippen molar-refractivity contribution in [1.82, 2.24) is 0 Å². The van der Waals surface area contributed by atoms with E-state index in [4.69, 9.17) is 11.6 Å². The number of rotatable bonds is 2. The molecule has 0 atom stereocenters. The minimum absolute atomic E-state index is 0.0917. The molecule has 0 spiro atoms. The fourth-order valence-corrected chi connectivity index (χ4v) is 2.23. The van der Waals surface area contributed by atoms with E-state index in [-0.39, 0.29) is 4.90 Å². The van der Waals surface area contributed by atoms with Crippen molar-refractivity contribution in [2.75, 3.05) is 11.4 Å². The van der Waals surface area contributed by atoms with Gasteiger partial charge in [0, 0.05) is 5.69 Å². The van der Waals surface area contributed by atoms with Gasteiger partial charge < -0.3 is 4.90 Å². The fourth-order valence-electron chi connectivity index (χ4n) is 1.67. The van der Waals surface area contributed by atoms with Gasteiger partial charge in [0.1, 0.15) is 0 Å². The van der Waals surface area contributed by atoms with Gasteiger partial charge in [-0.1, -0.05) is 5.92 Å². The highest BCUT2D eigenvalue weighted by molar-refractivity contribution is 7.89. The second kappa shape index (κ2) is 4.20. The molecule has 1 aromatic carbocycles. The van der Waals surface area contributed by atoms with Gasteiger partial charge in [0.25, 0.3) is 0 Å². The molecule has 2 rings (SSSR count). The number of fused-ring (bicyclic) bond motifs is 1. The summed E-state index contributed by atoms with van der Waals surface area (Å²) in [5, 5.41) is 5.07. The molecule has 0 fully saturated rings. The van der Waals surface area contributed by atoms with Gasteiger partial charge in [-0.15, -0.1) is 6.42 Å². The molecule has 0 saturated heterocycles. The Bertz CT molecular complexity index is 614. The first-order valence-electron chi connectivity index (χ1n) is 4.88. The van der Waals surface area contributed by atoms with Crippen molar-refractivity contribution in [2.45, 2.75) is 11.4 Å². The predicted octanol–water partition coefficient (Wildman–Crippen LogP) is 0.316. The second-order valence-corrected chi connectivity index (χ2v) is 5.19. The summed E-state index contributed by atoms with van der Waals surface area (Å²) in [5.74, 6) is 2.51. The number of benzene rings is 1. The largest absolute Gasteiger partial charge is 0.321 e. The summed E-state index contributed by atoms with van der Waals surface area (Å²) in [6.45, 7) is 0.824. The van der Waals surface area contributed by atoms with E-state index in [1.165, 1.54) is 12.1 Å². The highest BCUT2D eigenvalue weighted by Gasteiger charge is 2.16. The third-order valence-electron chi connectivity index (χ3n) is 2.43. The first kappa shape index (κ1) is 11.6. The minimum Gasteiger partial charge on any atom is -0.321 e. The molecule has 1 aliphatic rings. The molecular weight excluding hydrogens is 238 g/mol. The molecule has 6 heteroatoms. The van der Waals surface area contributed by atoms with Crippen molar-refractivity contribution < 1.29 is 8.42 Å². The van der Waals surface area contributed by atoms with E-state index in [2.05, 4.69) is 10.9 Å². The zero-order valence-corrected chi connectivity index (χ0v) is 9.81. The van der Waals surface area contributed by atoms with E-state index in [0.29, 0.717) is 13.1 Å². The van der Waals surface area contributed by atoms with Crippen molar-refractivity contribution in [3.8, 4) is 12.3 Å². The molecule has 88 valence electrons. The number of hydrogen-bond acceptors (Lipinski definition) is 4. The number of nitrogens with two attached hydrogens (primary N) is 1. The number of terminal acetylenes is 1. The van der Waals surface area contributed by atoms with E-state index in [0.717, 1.165) is 11.3 Å². The average molecular weight is 249 g/mol. The van der Waals surface area contributed by atoms with E-state index in [9.17, 15) is 8.42 Å². The predicted molar refractivity (Wildman–Crippen MR) is 66.2 cm³/mol. The topological polar surface area (TPSA) is 75.8 Å². The van der Waals surface area contributed by atoms with Crippen LogP contribution in [0, 0.1) is 12.3 Å². The molecule has 1 aromatic rings. The smallest absolute Gasteiger partial charge is 0.238 e. The van der Waals surface area contributed by atoms with Crippen LogP contribution in [-0.2, 0) is 16.6 Å². The highest BCUT2D eigenvalue weighted by atomic mass is 32.2. The monoisotopic (exact) mass is 249 g/mol. The number of anilines is 1. The lowest BCUT2D eigenvalue weighted by molar-refractivity contribution is 0.597. The number of hydrogen-bond donors (Lipinski definition) is 1. The molecule has 0 amide bonds. The molecule has 0 aliphatic carbocycles. The Labute approximate surface area is 100 Å². The Hall–Kier alpha value is -1.84. The van der Waals surface area contributed by atoms with Gasteiger partial charge >= 0.3 is 0 Å². The van der Waals surface area contributed by atoms with Gasteiger partial charge in [-0.25, -0.2) is 13.6 Å². The molecule has 1 aliphatic heterocycles.